The maximum absolute atomic E-state index is 12.8. The topological polar surface area (TPSA) is 71.3 Å². The van der Waals surface area contributed by atoms with Gasteiger partial charge in [0.15, 0.2) is 11.6 Å². The molecule has 0 N–H and O–H groups in total. The van der Waals surface area contributed by atoms with Gasteiger partial charge in [0.2, 0.25) is 10.0 Å². The third kappa shape index (κ3) is 3.85. The lowest BCUT2D eigenvalue weighted by Crippen LogP contribution is -2.49. The minimum atomic E-state index is -3.46. The SMILES string of the molecule is O=S(=O)(c1ccc(I)cc1)N1CCN(c2ccc(-n3cccc3)nn2)CC1. The predicted octanol–water partition coefficient (Wildman–Crippen LogP) is 2.38. The van der Waals surface area contributed by atoms with Crippen LogP contribution in [0.1, 0.15) is 0 Å². The summed E-state index contributed by atoms with van der Waals surface area (Å²) in [5.41, 5.74) is 0. The van der Waals surface area contributed by atoms with E-state index < -0.39 is 10.0 Å². The summed E-state index contributed by atoms with van der Waals surface area (Å²) in [6.07, 6.45) is 3.83. The number of benzene rings is 1. The summed E-state index contributed by atoms with van der Waals surface area (Å²) in [5.74, 6) is 1.51. The van der Waals surface area contributed by atoms with Crippen molar-refractivity contribution in [2.75, 3.05) is 31.1 Å². The molecule has 1 aromatic carbocycles. The number of anilines is 1. The maximum Gasteiger partial charge on any atom is 0.243 e. The summed E-state index contributed by atoms with van der Waals surface area (Å²) in [5, 5.41) is 8.56. The lowest BCUT2D eigenvalue weighted by molar-refractivity contribution is 0.383. The van der Waals surface area contributed by atoms with Crippen molar-refractivity contribution in [2.45, 2.75) is 4.90 Å². The summed E-state index contributed by atoms with van der Waals surface area (Å²) in [4.78, 5) is 2.40. The van der Waals surface area contributed by atoms with Crippen molar-refractivity contribution in [2.24, 2.45) is 0 Å². The normalized spacial score (nSPS) is 15.8. The van der Waals surface area contributed by atoms with Crippen LogP contribution in [-0.2, 0) is 10.0 Å². The smallest absolute Gasteiger partial charge is 0.243 e. The molecule has 7 nitrogen and oxygen atoms in total. The Morgan fingerprint density at radius 2 is 1.41 bits per heavy atom. The first-order valence-electron chi connectivity index (χ1n) is 8.52. The highest BCUT2D eigenvalue weighted by atomic mass is 127. The van der Waals surface area contributed by atoms with Gasteiger partial charge in [-0.15, -0.1) is 10.2 Å². The van der Waals surface area contributed by atoms with Crippen LogP contribution in [0.15, 0.2) is 65.8 Å². The van der Waals surface area contributed by atoms with E-state index in [4.69, 9.17) is 0 Å². The fraction of sp³-hybridized carbons (Fsp3) is 0.222. The van der Waals surface area contributed by atoms with Gasteiger partial charge < -0.3 is 9.47 Å². The number of rotatable bonds is 4. The number of sulfonamides is 1. The highest BCUT2D eigenvalue weighted by Gasteiger charge is 2.29. The summed E-state index contributed by atoms with van der Waals surface area (Å²) in [7, 11) is -3.46. The predicted molar refractivity (Wildman–Crippen MR) is 111 cm³/mol. The van der Waals surface area contributed by atoms with Crippen molar-refractivity contribution in [3.05, 3.63) is 64.5 Å². The van der Waals surface area contributed by atoms with Gasteiger partial charge in [0, 0.05) is 42.1 Å². The molecule has 0 unspecified atom stereocenters. The largest absolute Gasteiger partial charge is 0.352 e. The molecule has 0 atom stereocenters. The molecule has 2 aromatic heterocycles. The van der Waals surface area contributed by atoms with Gasteiger partial charge in [0.05, 0.1) is 4.90 Å². The third-order valence-electron chi connectivity index (χ3n) is 4.52. The Morgan fingerprint density at radius 3 is 2.00 bits per heavy atom. The first kappa shape index (κ1) is 18.4. The highest BCUT2D eigenvalue weighted by molar-refractivity contribution is 14.1. The molecule has 0 radical (unpaired) electrons. The van der Waals surface area contributed by atoms with E-state index in [1.165, 1.54) is 4.31 Å². The van der Waals surface area contributed by atoms with Crippen molar-refractivity contribution in [3.63, 3.8) is 0 Å². The van der Waals surface area contributed by atoms with Gasteiger partial charge in [-0.1, -0.05) is 0 Å². The number of nitrogens with zero attached hydrogens (tertiary/aromatic N) is 5. The van der Waals surface area contributed by atoms with Crippen LogP contribution < -0.4 is 4.90 Å². The zero-order valence-electron chi connectivity index (χ0n) is 14.4. The Balaban J connectivity index is 1.43. The molecule has 1 aliphatic heterocycles. The fourth-order valence-electron chi connectivity index (χ4n) is 3.03. The minimum Gasteiger partial charge on any atom is -0.352 e. The van der Waals surface area contributed by atoms with Crippen LogP contribution in [0.5, 0.6) is 0 Å². The number of hydrogen-bond donors (Lipinski definition) is 0. The Labute approximate surface area is 171 Å². The lowest BCUT2D eigenvalue weighted by Gasteiger charge is -2.34. The van der Waals surface area contributed by atoms with E-state index in [9.17, 15) is 8.42 Å². The standard InChI is InChI=1S/C18H18IN5O2S/c19-15-3-5-16(6-4-15)27(25,26)24-13-11-23(12-14-24)18-8-7-17(20-21-18)22-9-1-2-10-22/h1-10H,11-14H2. The first-order chi connectivity index (χ1) is 13.0. The zero-order valence-corrected chi connectivity index (χ0v) is 17.4. The minimum absolute atomic E-state index is 0.340. The Morgan fingerprint density at radius 1 is 0.815 bits per heavy atom. The second-order valence-corrected chi connectivity index (χ2v) is 9.37. The molecule has 0 aliphatic carbocycles. The molecule has 3 heterocycles. The van der Waals surface area contributed by atoms with Crippen molar-refractivity contribution < 1.29 is 8.42 Å². The molecule has 0 bridgehead atoms. The highest BCUT2D eigenvalue weighted by Crippen LogP contribution is 2.21. The molecule has 0 saturated carbocycles. The van der Waals surface area contributed by atoms with Gasteiger partial charge in [-0.3, -0.25) is 0 Å². The van der Waals surface area contributed by atoms with Crippen LogP contribution in [0.2, 0.25) is 0 Å². The first-order valence-corrected chi connectivity index (χ1v) is 11.0. The van der Waals surface area contributed by atoms with Crippen LogP contribution >= 0.6 is 22.6 Å². The van der Waals surface area contributed by atoms with E-state index in [0.717, 1.165) is 15.2 Å². The molecular weight excluding hydrogens is 477 g/mol. The van der Waals surface area contributed by atoms with Crippen molar-refractivity contribution in [3.8, 4) is 5.82 Å². The maximum atomic E-state index is 12.8. The monoisotopic (exact) mass is 495 g/mol. The molecule has 0 spiro atoms. The molecule has 140 valence electrons. The van der Waals surface area contributed by atoms with E-state index >= 15 is 0 Å². The van der Waals surface area contributed by atoms with Gasteiger partial charge >= 0.3 is 0 Å². The van der Waals surface area contributed by atoms with Gasteiger partial charge in [0.1, 0.15) is 0 Å². The fourth-order valence-corrected chi connectivity index (χ4v) is 4.81. The molecule has 0 amide bonds. The summed E-state index contributed by atoms with van der Waals surface area (Å²) < 4.78 is 30.0. The second-order valence-electron chi connectivity index (χ2n) is 6.19. The Hall–Kier alpha value is -1.98. The van der Waals surface area contributed by atoms with Crippen molar-refractivity contribution in [1.29, 1.82) is 0 Å². The number of halogens is 1. The summed E-state index contributed by atoms with van der Waals surface area (Å²) in [6, 6.07) is 14.6. The molecule has 4 rings (SSSR count). The number of hydrogen-bond acceptors (Lipinski definition) is 5. The van der Waals surface area contributed by atoms with E-state index in [0.29, 0.717) is 31.1 Å². The van der Waals surface area contributed by atoms with Crippen molar-refractivity contribution in [1.82, 2.24) is 19.1 Å². The molecule has 27 heavy (non-hydrogen) atoms. The Bertz CT molecular complexity index is 997. The van der Waals surface area contributed by atoms with Crippen molar-refractivity contribution >= 4 is 38.4 Å². The van der Waals surface area contributed by atoms with E-state index in [2.05, 4.69) is 37.7 Å². The van der Waals surface area contributed by atoms with E-state index in [-0.39, 0.29) is 0 Å². The van der Waals surface area contributed by atoms with Gasteiger partial charge in [-0.05, 0) is 71.1 Å². The molecule has 9 heteroatoms. The Kier molecular flexibility index (Phi) is 5.15. The number of aromatic nitrogens is 3. The average molecular weight is 495 g/mol. The van der Waals surface area contributed by atoms with Gasteiger partial charge in [-0.2, -0.15) is 4.31 Å². The summed E-state index contributed by atoms with van der Waals surface area (Å²) >= 11 is 2.16. The molecule has 1 fully saturated rings. The van der Waals surface area contributed by atoms with Crippen LogP contribution in [-0.4, -0.2) is 53.7 Å². The van der Waals surface area contributed by atoms with Gasteiger partial charge in [-0.25, -0.2) is 8.42 Å². The molecule has 3 aromatic rings. The molecule has 1 aliphatic rings. The van der Waals surface area contributed by atoms with E-state index in [1.54, 1.807) is 12.1 Å². The van der Waals surface area contributed by atoms with E-state index in [1.807, 2.05) is 53.4 Å². The van der Waals surface area contributed by atoms with Gasteiger partial charge in [0.25, 0.3) is 0 Å². The van der Waals surface area contributed by atoms with Crippen LogP contribution in [0, 0.1) is 3.57 Å². The quantitative estimate of drug-likeness (QED) is 0.520. The molecule has 1 saturated heterocycles. The van der Waals surface area contributed by atoms with Crippen LogP contribution in [0.3, 0.4) is 0 Å². The molecular formula is C18H18IN5O2S. The van der Waals surface area contributed by atoms with Crippen LogP contribution in [0.25, 0.3) is 5.82 Å². The van der Waals surface area contributed by atoms with Crippen LogP contribution in [0.4, 0.5) is 5.82 Å². The lowest BCUT2D eigenvalue weighted by atomic mass is 10.3. The third-order valence-corrected chi connectivity index (χ3v) is 7.15. The second kappa shape index (κ2) is 7.56. The zero-order chi connectivity index (χ0) is 18.9. The number of piperazine rings is 1. The average Bonchev–Trinajstić information content (AvgIpc) is 3.23. The summed E-state index contributed by atoms with van der Waals surface area (Å²) in [6.45, 7) is 2.02.